The molecule has 7 nitrogen and oxygen atoms in total. The maximum Gasteiger partial charge on any atom is 0.248 e. The number of carbonyl (C=O) groups excluding carboxylic acids is 1. The van der Waals surface area contributed by atoms with E-state index in [2.05, 4.69) is 22.3 Å². The number of amides is 1. The molecule has 2 heterocycles. The quantitative estimate of drug-likeness (QED) is 0.652. The van der Waals surface area contributed by atoms with Gasteiger partial charge < -0.3 is 16.2 Å². The fourth-order valence-electron chi connectivity index (χ4n) is 3.44. The molecule has 0 bridgehead atoms. The van der Waals surface area contributed by atoms with Crippen LogP contribution in [0.5, 0.6) is 5.75 Å². The van der Waals surface area contributed by atoms with Crippen molar-refractivity contribution in [3.63, 3.8) is 0 Å². The molecule has 1 atom stereocenters. The summed E-state index contributed by atoms with van der Waals surface area (Å²) in [5.74, 6) is 0.715. The molecular weight excluding hydrogens is 354 g/mol. The fraction of sp³-hybridized carbons (Fsp3) is 0.190. The van der Waals surface area contributed by atoms with Gasteiger partial charge in [-0.3, -0.25) is 4.79 Å². The molecule has 28 heavy (non-hydrogen) atoms. The van der Waals surface area contributed by atoms with Gasteiger partial charge in [0.15, 0.2) is 5.82 Å². The molecular formula is C21H21N5O2. The lowest BCUT2D eigenvalue weighted by Gasteiger charge is -2.27. The average Bonchev–Trinajstić information content (AvgIpc) is 3.07. The van der Waals surface area contributed by atoms with E-state index in [-0.39, 0.29) is 5.75 Å². The van der Waals surface area contributed by atoms with E-state index < -0.39 is 11.9 Å². The average molecular weight is 375 g/mol. The molecule has 1 unspecified atom stereocenters. The van der Waals surface area contributed by atoms with E-state index in [0.29, 0.717) is 23.0 Å². The largest absolute Gasteiger partial charge is 0.508 e. The van der Waals surface area contributed by atoms with Gasteiger partial charge in [-0.05, 0) is 55.7 Å². The summed E-state index contributed by atoms with van der Waals surface area (Å²) in [5.41, 5.74) is 10.8. The normalized spacial score (nSPS) is 15.9. The van der Waals surface area contributed by atoms with Crippen LogP contribution in [-0.4, -0.2) is 25.8 Å². The Morgan fingerprint density at radius 2 is 1.82 bits per heavy atom. The van der Waals surface area contributed by atoms with Crippen LogP contribution in [0.3, 0.4) is 0 Å². The van der Waals surface area contributed by atoms with Gasteiger partial charge in [-0.15, -0.1) is 5.10 Å². The fourth-order valence-corrected chi connectivity index (χ4v) is 3.44. The van der Waals surface area contributed by atoms with Gasteiger partial charge in [-0.1, -0.05) is 24.3 Å². The third kappa shape index (κ3) is 2.90. The molecule has 1 aromatic heterocycles. The Kier molecular flexibility index (Phi) is 4.15. The molecule has 4 N–H and O–H groups in total. The Labute approximate surface area is 162 Å². The molecule has 1 amide bonds. The number of anilines is 1. The highest BCUT2D eigenvalue weighted by Crippen LogP contribution is 2.36. The number of rotatable bonds is 3. The molecule has 0 saturated carbocycles. The zero-order chi connectivity index (χ0) is 20.0. The van der Waals surface area contributed by atoms with Crippen LogP contribution in [0.1, 0.15) is 29.7 Å². The van der Waals surface area contributed by atoms with Crippen molar-refractivity contribution in [1.29, 1.82) is 0 Å². The lowest BCUT2D eigenvalue weighted by molar-refractivity contribution is -0.115. The number of fused-ring (bicyclic) bond motifs is 1. The second kappa shape index (κ2) is 6.53. The van der Waals surface area contributed by atoms with E-state index in [1.165, 1.54) is 5.56 Å². The first-order valence-electron chi connectivity index (χ1n) is 8.96. The standard InChI is InChI=1S/C21H21N5O2/c1-11-4-5-15(10-12(11)2)20-24-21-23-13(3)17(19(22)28)18(26(21)25-20)14-6-8-16(27)9-7-14/h4-10,18,27H,1-3H3,(H2,22,28)(H,23,24,25). The number of phenols is 1. The molecule has 7 heteroatoms. The molecule has 2 aromatic carbocycles. The zero-order valence-corrected chi connectivity index (χ0v) is 15.9. The number of benzene rings is 2. The SMILES string of the molecule is CC1=C(C(N)=O)C(c2ccc(O)cc2)n2nc(-c3ccc(C)c(C)c3)nc2N1. The van der Waals surface area contributed by atoms with Crippen molar-refractivity contribution < 1.29 is 9.90 Å². The minimum Gasteiger partial charge on any atom is -0.508 e. The van der Waals surface area contributed by atoms with Gasteiger partial charge in [0.2, 0.25) is 11.9 Å². The maximum absolute atomic E-state index is 12.2. The maximum atomic E-state index is 12.2. The highest BCUT2D eigenvalue weighted by atomic mass is 16.3. The van der Waals surface area contributed by atoms with Crippen LogP contribution >= 0.6 is 0 Å². The predicted molar refractivity (Wildman–Crippen MR) is 107 cm³/mol. The lowest BCUT2D eigenvalue weighted by atomic mass is 9.95. The van der Waals surface area contributed by atoms with E-state index in [4.69, 9.17) is 5.73 Å². The Balaban J connectivity index is 1.87. The molecule has 0 radical (unpaired) electrons. The third-order valence-electron chi connectivity index (χ3n) is 5.09. The Hall–Kier alpha value is -3.61. The number of aryl methyl sites for hydroxylation is 2. The molecule has 142 valence electrons. The van der Waals surface area contributed by atoms with Gasteiger partial charge in [-0.2, -0.15) is 4.98 Å². The minimum absolute atomic E-state index is 0.147. The zero-order valence-electron chi connectivity index (χ0n) is 15.9. The number of aromatic nitrogens is 3. The summed E-state index contributed by atoms with van der Waals surface area (Å²) in [6, 6.07) is 12.2. The van der Waals surface area contributed by atoms with Gasteiger partial charge in [0.05, 0.1) is 5.57 Å². The Bertz CT molecular complexity index is 1110. The summed E-state index contributed by atoms with van der Waals surface area (Å²) < 4.78 is 1.67. The van der Waals surface area contributed by atoms with E-state index in [0.717, 1.165) is 16.7 Å². The summed E-state index contributed by atoms with van der Waals surface area (Å²) in [6.45, 7) is 5.89. The first-order valence-corrected chi connectivity index (χ1v) is 8.96. The molecule has 0 fully saturated rings. The van der Waals surface area contributed by atoms with Crippen LogP contribution in [0.15, 0.2) is 53.7 Å². The van der Waals surface area contributed by atoms with Gasteiger partial charge in [-0.25, -0.2) is 4.68 Å². The summed E-state index contributed by atoms with van der Waals surface area (Å²) >= 11 is 0. The van der Waals surface area contributed by atoms with Crippen molar-refractivity contribution in [2.24, 2.45) is 5.73 Å². The van der Waals surface area contributed by atoms with Crippen LogP contribution in [-0.2, 0) is 4.79 Å². The molecule has 0 saturated heterocycles. The molecule has 1 aliphatic heterocycles. The van der Waals surface area contributed by atoms with Crippen molar-refractivity contribution >= 4 is 11.9 Å². The summed E-state index contributed by atoms with van der Waals surface area (Å²) in [5, 5.41) is 17.4. The molecule has 3 aromatic rings. The van der Waals surface area contributed by atoms with Gasteiger partial charge in [0, 0.05) is 11.3 Å². The first kappa shape index (κ1) is 17.8. The van der Waals surface area contributed by atoms with Crippen LogP contribution in [0.25, 0.3) is 11.4 Å². The number of nitrogens with two attached hydrogens (primary N) is 1. The highest BCUT2D eigenvalue weighted by molar-refractivity contribution is 5.95. The Morgan fingerprint density at radius 1 is 1.11 bits per heavy atom. The van der Waals surface area contributed by atoms with Crippen molar-refractivity contribution in [3.05, 3.63) is 70.4 Å². The monoisotopic (exact) mass is 375 g/mol. The van der Waals surface area contributed by atoms with E-state index in [1.807, 2.05) is 25.1 Å². The predicted octanol–water partition coefficient (Wildman–Crippen LogP) is 3.04. The summed E-state index contributed by atoms with van der Waals surface area (Å²) in [7, 11) is 0. The Morgan fingerprint density at radius 3 is 2.46 bits per heavy atom. The number of hydrogen-bond acceptors (Lipinski definition) is 5. The van der Waals surface area contributed by atoms with Crippen molar-refractivity contribution in [1.82, 2.24) is 14.8 Å². The topological polar surface area (TPSA) is 106 Å². The van der Waals surface area contributed by atoms with Gasteiger partial charge in [0.1, 0.15) is 11.8 Å². The van der Waals surface area contributed by atoms with Crippen LogP contribution < -0.4 is 11.1 Å². The van der Waals surface area contributed by atoms with Crippen molar-refractivity contribution in [2.75, 3.05) is 5.32 Å². The van der Waals surface area contributed by atoms with E-state index in [1.54, 1.807) is 35.9 Å². The molecule has 0 spiro atoms. The van der Waals surface area contributed by atoms with Crippen LogP contribution in [0, 0.1) is 13.8 Å². The smallest absolute Gasteiger partial charge is 0.248 e. The van der Waals surface area contributed by atoms with Crippen molar-refractivity contribution in [2.45, 2.75) is 26.8 Å². The number of aromatic hydroxyl groups is 1. The van der Waals surface area contributed by atoms with Gasteiger partial charge in [0.25, 0.3) is 0 Å². The number of phenolic OH excluding ortho intramolecular Hbond substituents is 1. The highest BCUT2D eigenvalue weighted by Gasteiger charge is 2.33. The number of allylic oxidation sites excluding steroid dienone is 1. The second-order valence-corrected chi connectivity index (χ2v) is 7.02. The van der Waals surface area contributed by atoms with Crippen LogP contribution in [0.2, 0.25) is 0 Å². The molecule has 1 aliphatic rings. The number of hydrogen-bond donors (Lipinski definition) is 3. The van der Waals surface area contributed by atoms with E-state index in [9.17, 15) is 9.90 Å². The second-order valence-electron chi connectivity index (χ2n) is 7.02. The minimum atomic E-state index is -0.531. The number of nitrogens with one attached hydrogen (secondary N) is 1. The van der Waals surface area contributed by atoms with E-state index >= 15 is 0 Å². The number of carbonyl (C=O) groups is 1. The summed E-state index contributed by atoms with van der Waals surface area (Å²) in [4.78, 5) is 16.8. The molecule has 0 aliphatic carbocycles. The third-order valence-corrected chi connectivity index (χ3v) is 5.09. The van der Waals surface area contributed by atoms with Gasteiger partial charge >= 0.3 is 0 Å². The van der Waals surface area contributed by atoms with Crippen LogP contribution in [0.4, 0.5) is 5.95 Å². The number of primary amides is 1. The first-order chi connectivity index (χ1) is 13.3. The van der Waals surface area contributed by atoms with Crippen molar-refractivity contribution in [3.8, 4) is 17.1 Å². The lowest BCUT2D eigenvalue weighted by Crippen LogP contribution is -2.31. The summed E-state index contributed by atoms with van der Waals surface area (Å²) in [6.07, 6.45) is 0. The number of nitrogens with zero attached hydrogens (tertiary/aromatic N) is 3. The molecule has 4 rings (SSSR count).